The summed E-state index contributed by atoms with van der Waals surface area (Å²) in [5.41, 5.74) is 3.75. The van der Waals surface area contributed by atoms with Crippen LogP contribution in [0.3, 0.4) is 0 Å². The van der Waals surface area contributed by atoms with Crippen molar-refractivity contribution in [3.05, 3.63) is 54.7 Å². The van der Waals surface area contributed by atoms with E-state index in [1.807, 2.05) is 18.5 Å². The van der Waals surface area contributed by atoms with Crippen molar-refractivity contribution < 1.29 is 9.13 Å². The lowest BCUT2D eigenvalue weighted by Crippen LogP contribution is -2.29. The first-order valence-electron chi connectivity index (χ1n) is 8.80. The number of pyridine rings is 1. The van der Waals surface area contributed by atoms with Gasteiger partial charge in [0.2, 0.25) is 5.88 Å². The molecule has 0 amide bonds. The van der Waals surface area contributed by atoms with Crippen LogP contribution in [0.1, 0.15) is 18.9 Å². The second-order valence-electron chi connectivity index (χ2n) is 6.42. The Morgan fingerprint density at radius 1 is 1.08 bits per heavy atom. The van der Waals surface area contributed by atoms with Crippen LogP contribution in [0, 0.1) is 5.82 Å². The summed E-state index contributed by atoms with van der Waals surface area (Å²) in [6.07, 6.45) is 5.74. The molecule has 2 aromatic heterocycles. The molecule has 3 heterocycles. The van der Waals surface area contributed by atoms with Gasteiger partial charge in [-0.15, -0.1) is 0 Å². The third-order valence-electron chi connectivity index (χ3n) is 4.83. The molecule has 26 heavy (non-hydrogen) atoms. The molecule has 1 aromatic carbocycles. The van der Waals surface area contributed by atoms with Gasteiger partial charge in [0.25, 0.3) is 0 Å². The topological polar surface area (TPSA) is 52.0 Å². The molecule has 1 aliphatic heterocycles. The Balaban J connectivity index is 1.86. The number of nitrogens with one attached hydrogen (secondary N) is 1. The number of halogens is 1. The van der Waals surface area contributed by atoms with Crippen LogP contribution < -0.4 is 10.1 Å². The van der Waals surface area contributed by atoms with Crippen LogP contribution in [0.5, 0.6) is 5.88 Å². The van der Waals surface area contributed by atoms with Crippen LogP contribution in [0.25, 0.3) is 22.5 Å². The number of imidazole rings is 1. The van der Waals surface area contributed by atoms with Crippen molar-refractivity contribution >= 4 is 0 Å². The quantitative estimate of drug-likeness (QED) is 0.778. The van der Waals surface area contributed by atoms with E-state index in [-0.39, 0.29) is 5.82 Å². The van der Waals surface area contributed by atoms with Gasteiger partial charge < -0.3 is 14.6 Å². The lowest BCUT2D eigenvalue weighted by atomic mass is 10.0. The zero-order chi connectivity index (χ0) is 17.9. The lowest BCUT2D eigenvalue weighted by molar-refractivity contribution is 0.370. The zero-order valence-electron chi connectivity index (χ0n) is 14.7. The minimum Gasteiger partial charge on any atom is -0.481 e. The molecular formula is C20H21FN4O. The number of hydrogen-bond donors (Lipinski definition) is 1. The molecule has 0 spiro atoms. The normalized spacial score (nSPS) is 15.2. The van der Waals surface area contributed by atoms with E-state index in [2.05, 4.69) is 19.9 Å². The molecule has 1 aliphatic rings. The standard InChI is InChI=1S/C20H21FN4O/c1-26-18-12-15(6-11-23-18)20-19(14-2-4-16(21)5-3-14)24-13-25(20)17-7-9-22-10-8-17/h2-6,11-13,17,22H,7-10H2,1H3. The van der Waals surface area contributed by atoms with Gasteiger partial charge in [-0.2, -0.15) is 0 Å². The van der Waals surface area contributed by atoms with E-state index in [4.69, 9.17) is 4.74 Å². The molecule has 134 valence electrons. The molecule has 0 aliphatic carbocycles. The Bertz CT molecular complexity index is 885. The van der Waals surface area contributed by atoms with Gasteiger partial charge in [-0.3, -0.25) is 0 Å². The van der Waals surface area contributed by atoms with Crippen molar-refractivity contribution in [1.82, 2.24) is 19.9 Å². The van der Waals surface area contributed by atoms with Crippen LogP contribution in [0.4, 0.5) is 4.39 Å². The highest BCUT2D eigenvalue weighted by molar-refractivity contribution is 5.79. The van der Waals surface area contributed by atoms with Crippen molar-refractivity contribution in [2.45, 2.75) is 18.9 Å². The van der Waals surface area contributed by atoms with E-state index < -0.39 is 0 Å². The van der Waals surface area contributed by atoms with E-state index in [0.717, 1.165) is 48.4 Å². The summed E-state index contributed by atoms with van der Waals surface area (Å²) in [7, 11) is 1.61. The second-order valence-corrected chi connectivity index (χ2v) is 6.42. The fourth-order valence-electron chi connectivity index (χ4n) is 3.50. The second kappa shape index (κ2) is 7.25. The SMILES string of the molecule is COc1cc(-c2c(-c3ccc(F)cc3)ncn2C2CCNCC2)ccn1. The number of aromatic nitrogens is 3. The van der Waals surface area contributed by atoms with Crippen molar-refractivity contribution in [1.29, 1.82) is 0 Å². The van der Waals surface area contributed by atoms with E-state index in [1.165, 1.54) is 12.1 Å². The third-order valence-corrected chi connectivity index (χ3v) is 4.83. The monoisotopic (exact) mass is 352 g/mol. The maximum absolute atomic E-state index is 13.4. The van der Waals surface area contributed by atoms with Gasteiger partial charge in [0.05, 0.1) is 24.8 Å². The third kappa shape index (κ3) is 3.20. The smallest absolute Gasteiger partial charge is 0.213 e. The van der Waals surface area contributed by atoms with Gasteiger partial charge in [-0.1, -0.05) is 0 Å². The van der Waals surface area contributed by atoms with Crippen LogP contribution in [0.2, 0.25) is 0 Å². The Kier molecular flexibility index (Phi) is 4.67. The zero-order valence-corrected chi connectivity index (χ0v) is 14.7. The molecule has 0 atom stereocenters. The molecule has 0 radical (unpaired) electrons. The Hall–Kier alpha value is -2.73. The number of piperidine rings is 1. The fourth-order valence-corrected chi connectivity index (χ4v) is 3.50. The lowest BCUT2D eigenvalue weighted by Gasteiger charge is -2.26. The van der Waals surface area contributed by atoms with Gasteiger partial charge in [-0.25, -0.2) is 14.4 Å². The molecule has 1 saturated heterocycles. The van der Waals surface area contributed by atoms with Crippen LogP contribution >= 0.6 is 0 Å². The van der Waals surface area contributed by atoms with Gasteiger partial charge in [0, 0.05) is 29.4 Å². The van der Waals surface area contributed by atoms with Crippen LogP contribution in [-0.2, 0) is 0 Å². The van der Waals surface area contributed by atoms with E-state index in [0.29, 0.717) is 11.9 Å². The highest BCUT2D eigenvalue weighted by Gasteiger charge is 2.22. The molecule has 0 bridgehead atoms. The fraction of sp³-hybridized carbons (Fsp3) is 0.300. The van der Waals surface area contributed by atoms with E-state index in [1.54, 1.807) is 25.4 Å². The molecule has 5 nitrogen and oxygen atoms in total. The first kappa shape index (κ1) is 16.7. The van der Waals surface area contributed by atoms with Gasteiger partial charge in [-0.05, 0) is 56.3 Å². The molecule has 6 heteroatoms. The summed E-state index contributed by atoms with van der Waals surface area (Å²) in [5.74, 6) is 0.310. The van der Waals surface area contributed by atoms with E-state index >= 15 is 0 Å². The average molecular weight is 352 g/mol. The largest absolute Gasteiger partial charge is 0.481 e. The molecule has 0 saturated carbocycles. The van der Waals surface area contributed by atoms with Crippen molar-refractivity contribution in [3.63, 3.8) is 0 Å². The Morgan fingerprint density at radius 2 is 1.85 bits per heavy atom. The predicted octanol–water partition coefficient (Wildman–Crippen LogP) is 3.68. The first-order valence-corrected chi connectivity index (χ1v) is 8.80. The molecular weight excluding hydrogens is 331 g/mol. The molecule has 1 fully saturated rings. The molecule has 1 N–H and O–H groups in total. The highest BCUT2D eigenvalue weighted by Crippen LogP contribution is 2.36. The summed E-state index contributed by atoms with van der Waals surface area (Å²) in [6, 6.07) is 10.7. The number of nitrogens with zero attached hydrogens (tertiary/aromatic N) is 3. The van der Waals surface area contributed by atoms with Crippen molar-refractivity contribution in [2.24, 2.45) is 0 Å². The summed E-state index contributed by atoms with van der Waals surface area (Å²) in [4.78, 5) is 8.89. The van der Waals surface area contributed by atoms with Gasteiger partial charge >= 0.3 is 0 Å². The average Bonchev–Trinajstić information content (AvgIpc) is 3.14. The maximum atomic E-state index is 13.4. The first-order chi connectivity index (χ1) is 12.8. The number of methoxy groups -OCH3 is 1. The molecule has 4 rings (SSSR count). The van der Waals surface area contributed by atoms with Crippen molar-refractivity contribution in [3.8, 4) is 28.4 Å². The summed E-state index contributed by atoms with van der Waals surface area (Å²) in [6.45, 7) is 1.99. The maximum Gasteiger partial charge on any atom is 0.213 e. The van der Waals surface area contributed by atoms with E-state index in [9.17, 15) is 4.39 Å². The summed E-state index contributed by atoms with van der Waals surface area (Å²) in [5, 5.41) is 3.40. The highest BCUT2D eigenvalue weighted by atomic mass is 19.1. The summed E-state index contributed by atoms with van der Waals surface area (Å²) < 4.78 is 20.9. The minimum atomic E-state index is -0.251. The molecule has 3 aromatic rings. The number of benzene rings is 1. The molecule has 0 unspecified atom stereocenters. The van der Waals surface area contributed by atoms with Gasteiger partial charge in [0.1, 0.15) is 5.82 Å². The van der Waals surface area contributed by atoms with Crippen LogP contribution in [0.15, 0.2) is 48.9 Å². The van der Waals surface area contributed by atoms with Crippen LogP contribution in [-0.4, -0.2) is 34.7 Å². The predicted molar refractivity (Wildman–Crippen MR) is 98.5 cm³/mol. The van der Waals surface area contributed by atoms with Gasteiger partial charge in [0.15, 0.2) is 0 Å². The minimum absolute atomic E-state index is 0.251. The number of hydrogen-bond acceptors (Lipinski definition) is 4. The summed E-state index contributed by atoms with van der Waals surface area (Å²) >= 11 is 0. The number of rotatable bonds is 4. The Labute approximate surface area is 151 Å². The number of ether oxygens (including phenoxy) is 1. The van der Waals surface area contributed by atoms with Crippen molar-refractivity contribution in [2.75, 3.05) is 20.2 Å². The Morgan fingerprint density at radius 3 is 2.58 bits per heavy atom.